The molecule has 0 aliphatic rings. The van der Waals surface area contributed by atoms with Crippen molar-refractivity contribution in [3.05, 3.63) is 36.0 Å². The second kappa shape index (κ2) is 4.82. The van der Waals surface area contributed by atoms with Crippen molar-refractivity contribution in [3.8, 4) is 0 Å². The lowest BCUT2D eigenvalue weighted by molar-refractivity contribution is 0.0935. The van der Waals surface area contributed by atoms with E-state index in [0.29, 0.717) is 5.69 Å². The zero-order chi connectivity index (χ0) is 12.3. The molecule has 6 nitrogen and oxygen atoms in total. The van der Waals surface area contributed by atoms with E-state index in [4.69, 9.17) is 4.42 Å². The van der Waals surface area contributed by atoms with Gasteiger partial charge in [0.2, 0.25) is 0 Å². The molecular formula is C11H14N4O2. The van der Waals surface area contributed by atoms with Gasteiger partial charge in [0.05, 0.1) is 18.7 Å². The minimum atomic E-state index is -0.214. The number of hydrogen-bond acceptors (Lipinski definition) is 4. The third-order valence-electron chi connectivity index (χ3n) is 2.33. The molecule has 6 heteroatoms. The number of furan rings is 1. The minimum absolute atomic E-state index is 0.0158. The first-order valence-electron chi connectivity index (χ1n) is 5.33. The van der Waals surface area contributed by atoms with Crippen molar-refractivity contribution in [3.63, 3.8) is 0 Å². The Morgan fingerprint density at radius 1 is 1.65 bits per heavy atom. The maximum absolute atomic E-state index is 11.7. The van der Waals surface area contributed by atoms with Gasteiger partial charge in [-0.3, -0.25) is 9.48 Å². The largest absolute Gasteiger partial charge is 0.472 e. The average Bonchev–Trinajstić information content (AvgIpc) is 2.89. The molecule has 0 saturated heterocycles. The van der Waals surface area contributed by atoms with Crippen molar-refractivity contribution in [2.24, 2.45) is 7.05 Å². The number of aromatic nitrogens is 3. The molecule has 1 N–H and O–H groups in total. The Labute approximate surface area is 98.6 Å². The molecule has 0 fully saturated rings. The molecule has 2 aromatic rings. The molecule has 0 radical (unpaired) electrons. The summed E-state index contributed by atoms with van der Waals surface area (Å²) in [6.45, 7) is 1.93. The maximum Gasteiger partial charge on any atom is 0.273 e. The van der Waals surface area contributed by atoms with Crippen LogP contribution in [0.1, 0.15) is 23.0 Å². The van der Waals surface area contributed by atoms with Crippen LogP contribution in [0.3, 0.4) is 0 Å². The zero-order valence-electron chi connectivity index (χ0n) is 9.75. The van der Waals surface area contributed by atoms with Gasteiger partial charge in [-0.1, -0.05) is 5.21 Å². The highest BCUT2D eigenvalue weighted by molar-refractivity contribution is 5.92. The summed E-state index contributed by atoms with van der Waals surface area (Å²) in [5.41, 5.74) is 1.38. The van der Waals surface area contributed by atoms with Gasteiger partial charge in [-0.15, -0.1) is 5.10 Å². The predicted molar refractivity (Wildman–Crippen MR) is 60.3 cm³/mol. The Morgan fingerprint density at radius 2 is 2.47 bits per heavy atom. The van der Waals surface area contributed by atoms with Crippen molar-refractivity contribution in [2.45, 2.75) is 19.4 Å². The van der Waals surface area contributed by atoms with Gasteiger partial charge in [0.25, 0.3) is 5.91 Å². The fourth-order valence-corrected chi connectivity index (χ4v) is 1.56. The molecule has 0 aromatic carbocycles. The molecule has 2 heterocycles. The van der Waals surface area contributed by atoms with Crippen LogP contribution in [0.15, 0.2) is 29.2 Å². The van der Waals surface area contributed by atoms with Crippen LogP contribution in [-0.4, -0.2) is 26.9 Å². The maximum atomic E-state index is 11.7. The van der Waals surface area contributed by atoms with Gasteiger partial charge in [0.1, 0.15) is 0 Å². The summed E-state index contributed by atoms with van der Waals surface area (Å²) in [6, 6.07) is 1.90. The second-order valence-corrected chi connectivity index (χ2v) is 3.99. The van der Waals surface area contributed by atoms with Crippen LogP contribution in [0, 0.1) is 0 Å². The Bertz CT molecular complexity index is 489. The van der Waals surface area contributed by atoms with Crippen LogP contribution in [0.4, 0.5) is 0 Å². The van der Waals surface area contributed by atoms with Crippen LogP contribution in [0.5, 0.6) is 0 Å². The first-order valence-corrected chi connectivity index (χ1v) is 5.33. The quantitative estimate of drug-likeness (QED) is 0.848. The molecule has 2 aromatic heterocycles. The monoisotopic (exact) mass is 234 g/mol. The third-order valence-corrected chi connectivity index (χ3v) is 2.33. The van der Waals surface area contributed by atoms with Gasteiger partial charge in [0, 0.05) is 13.1 Å². The first-order chi connectivity index (χ1) is 8.15. The molecule has 0 spiro atoms. The zero-order valence-corrected chi connectivity index (χ0v) is 9.75. The lowest BCUT2D eigenvalue weighted by Gasteiger charge is -2.11. The highest BCUT2D eigenvalue weighted by Crippen LogP contribution is 2.04. The van der Waals surface area contributed by atoms with Crippen LogP contribution in [-0.2, 0) is 13.5 Å². The smallest absolute Gasteiger partial charge is 0.273 e. The van der Waals surface area contributed by atoms with Gasteiger partial charge < -0.3 is 9.73 Å². The van der Waals surface area contributed by atoms with Crippen LogP contribution < -0.4 is 5.32 Å². The first kappa shape index (κ1) is 11.4. The van der Waals surface area contributed by atoms with Gasteiger partial charge in [-0.2, -0.15) is 0 Å². The van der Waals surface area contributed by atoms with Crippen molar-refractivity contribution < 1.29 is 9.21 Å². The summed E-state index contributed by atoms with van der Waals surface area (Å²) in [4.78, 5) is 11.7. The van der Waals surface area contributed by atoms with Crippen LogP contribution in [0.2, 0.25) is 0 Å². The van der Waals surface area contributed by atoms with E-state index >= 15 is 0 Å². The summed E-state index contributed by atoms with van der Waals surface area (Å²) in [5.74, 6) is -0.214. The standard InChI is InChI=1S/C11H14N4O2/c1-8(5-9-3-4-17-7-9)12-11(16)10-6-15(2)14-13-10/h3-4,6-8H,5H2,1-2H3,(H,12,16)/t8-/m0/s1. The van der Waals surface area contributed by atoms with Gasteiger partial charge >= 0.3 is 0 Å². The number of aryl methyl sites for hydroxylation is 1. The normalized spacial score (nSPS) is 12.4. The summed E-state index contributed by atoms with van der Waals surface area (Å²) in [5, 5.41) is 10.3. The molecule has 0 aliphatic carbocycles. The molecule has 2 rings (SSSR count). The number of rotatable bonds is 4. The molecule has 0 aliphatic heterocycles. The number of nitrogens with zero attached hydrogens (tertiary/aromatic N) is 3. The Kier molecular flexibility index (Phi) is 3.22. The SMILES string of the molecule is C[C@@H](Cc1ccoc1)NC(=O)c1cn(C)nn1. The molecule has 0 unspecified atom stereocenters. The van der Waals surface area contributed by atoms with E-state index < -0.39 is 0 Å². The van der Waals surface area contributed by atoms with Crippen molar-refractivity contribution in [2.75, 3.05) is 0 Å². The Balaban J connectivity index is 1.90. The van der Waals surface area contributed by atoms with Gasteiger partial charge in [-0.25, -0.2) is 0 Å². The Hall–Kier alpha value is -2.11. The molecule has 17 heavy (non-hydrogen) atoms. The number of carbonyl (C=O) groups is 1. The number of hydrogen-bond donors (Lipinski definition) is 1. The van der Waals surface area contributed by atoms with E-state index in [9.17, 15) is 4.79 Å². The summed E-state index contributed by atoms with van der Waals surface area (Å²) in [6.07, 6.45) is 5.60. The summed E-state index contributed by atoms with van der Waals surface area (Å²) < 4.78 is 6.47. The molecule has 0 bridgehead atoms. The molecular weight excluding hydrogens is 220 g/mol. The van der Waals surface area contributed by atoms with Gasteiger partial charge in [0.15, 0.2) is 5.69 Å². The molecule has 1 amide bonds. The van der Waals surface area contributed by atoms with E-state index in [2.05, 4.69) is 15.6 Å². The van der Waals surface area contributed by atoms with Crippen molar-refractivity contribution in [1.82, 2.24) is 20.3 Å². The topological polar surface area (TPSA) is 73.0 Å². The highest BCUT2D eigenvalue weighted by Gasteiger charge is 2.13. The lowest BCUT2D eigenvalue weighted by Crippen LogP contribution is -2.34. The van der Waals surface area contributed by atoms with E-state index in [1.807, 2.05) is 13.0 Å². The summed E-state index contributed by atoms with van der Waals surface area (Å²) >= 11 is 0. The third kappa shape index (κ3) is 2.93. The van der Waals surface area contributed by atoms with E-state index in [0.717, 1.165) is 12.0 Å². The second-order valence-electron chi connectivity index (χ2n) is 3.99. The van der Waals surface area contributed by atoms with Crippen molar-refractivity contribution in [1.29, 1.82) is 0 Å². The van der Waals surface area contributed by atoms with Crippen LogP contribution >= 0.6 is 0 Å². The average molecular weight is 234 g/mol. The van der Waals surface area contributed by atoms with Gasteiger partial charge in [-0.05, 0) is 25.0 Å². The summed E-state index contributed by atoms with van der Waals surface area (Å²) in [7, 11) is 1.72. The fourth-order valence-electron chi connectivity index (χ4n) is 1.56. The molecule has 0 saturated carbocycles. The number of carbonyl (C=O) groups excluding carboxylic acids is 1. The fraction of sp³-hybridized carbons (Fsp3) is 0.364. The predicted octanol–water partition coefficient (Wildman–Crippen LogP) is 0.769. The minimum Gasteiger partial charge on any atom is -0.472 e. The lowest BCUT2D eigenvalue weighted by atomic mass is 10.1. The number of amides is 1. The van der Waals surface area contributed by atoms with Crippen molar-refractivity contribution >= 4 is 5.91 Å². The van der Waals surface area contributed by atoms with E-state index in [1.54, 1.807) is 25.8 Å². The highest BCUT2D eigenvalue weighted by atomic mass is 16.3. The number of nitrogens with one attached hydrogen (secondary N) is 1. The van der Waals surface area contributed by atoms with E-state index in [-0.39, 0.29) is 11.9 Å². The van der Waals surface area contributed by atoms with E-state index in [1.165, 1.54) is 4.68 Å². The van der Waals surface area contributed by atoms with Crippen LogP contribution in [0.25, 0.3) is 0 Å². The Morgan fingerprint density at radius 3 is 3.06 bits per heavy atom. The molecule has 1 atom stereocenters. The molecule has 90 valence electrons.